The SMILES string of the molecule is O=C(O)CN(CC(=O)O)C(=O)N1CC(=O)NC(=O)C1. The minimum atomic E-state index is -1.40. The van der Waals surface area contributed by atoms with Gasteiger partial charge in [-0.15, -0.1) is 0 Å². The van der Waals surface area contributed by atoms with Crippen LogP contribution in [-0.4, -0.2) is 76.0 Å². The van der Waals surface area contributed by atoms with Crippen molar-refractivity contribution in [1.29, 1.82) is 0 Å². The van der Waals surface area contributed by atoms with Gasteiger partial charge in [-0.1, -0.05) is 0 Å². The molecule has 19 heavy (non-hydrogen) atoms. The van der Waals surface area contributed by atoms with Gasteiger partial charge >= 0.3 is 18.0 Å². The van der Waals surface area contributed by atoms with Crippen molar-refractivity contribution >= 4 is 29.8 Å². The van der Waals surface area contributed by atoms with Crippen LogP contribution in [0.3, 0.4) is 0 Å². The molecule has 3 N–H and O–H groups in total. The van der Waals surface area contributed by atoms with E-state index in [1.807, 2.05) is 5.32 Å². The van der Waals surface area contributed by atoms with Gasteiger partial charge in [0.15, 0.2) is 0 Å². The summed E-state index contributed by atoms with van der Waals surface area (Å²) in [7, 11) is 0. The van der Waals surface area contributed by atoms with Crippen molar-refractivity contribution in [2.24, 2.45) is 0 Å². The van der Waals surface area contributed by atoms with Gasteiger partial charge in [0.1, 0.15) is 26.2 Å². The largest absolute Gasteiger partial charge is 0.480 e. The Balaban J connectivity index is 2.79. The van der Waals surface area contributed by atoms with Gasteiger partial charge in [-0.25, -0.2) is 4.79 Å². The number of hydrogen-bond acceptors (Lipinski definition) is 5. The molecule has 0 radical (unpaired) electrons. The van der Waals surface area contributed by atoms with Crippen molar-refractivity contribution in [3.63, 3.8) is 0 Å². The maximum Gasteiger partial charge on any atom is 0.323 e. The first-order valence-electron chi connectivity index (χ1n) is 5.09. The number of piperazine rings is 1. The van der Waals surface area contributed by atoms with Crippen LogP contribution in [0.15, 0.2) is 0 Å². The lowest BCUT2D eigenvalue weighted by atomic mass is 10.3. The van der Waals surface area contributed by atoms with E-state index < -0.39 is 56.0 Å². The van der Waals surface area contributed by atoms with Crippen molar-refractivity contribution in [3.8, 4) is 0 Å². The summed E-state index contributed by atoms with van der Waals surface area (Å²) < 4.78 is 0. The molecular formula is C9H11N3O7. The molecule has 0 saturated carbocycles. The summed E-state index contributed by atoms with van der Waals surface area (Å²) in [6.45, 7) is -2.53. The fourth-order valence-corrected chi connectivity index (χ4v) is 1.49. The van der Waals surface area contributed by atoms with Gasteiger partial charge < -0.3 is 20.0 Å². The summed E-state index contributed by atoms with van der Waals surface area (Å²) >= 11 is 0. The zero-order chi connectivity index (χ0) is 14.6. The third-order valence-electron chi connectivity index (χ3n) is 2.14. The average molecular weight is 273 g/mol. The number of carboxylic acid groups (broad SMARTS) is 2. The average Bonchev–Trinajstić information content (AvgIpc) is 2.24. The smallest absolute Gasteiger partial charge is 0.323 e. The number of rotatable bonds is 4. The van der Waals surface area contributed by atoms with Crippen LogP contribution >= 0.6 is 0 Å². The summed E-state index contributed by atoms with van der Waals surface area (Å²) in [5, 5.41) is 19.2. The number of imide groups is 1. The van der Waals surface area contributed by atoms with Gasteiger partial charge in [-0.05, 0) is 0 Å². The summed E-state index contributed by atoms with van der Waals surface area (Å²) in [6, 6.07) is -0.993. The van der Waals surface area contributed by atoms with E-state index in [9.17, 15) is 24.0 Å². The van der Waals surface area contributed by atoms with E-state index in [2.05, 4.69) is 0 Å². The fraction of sp³-hybridized carbons (Fsp3) is 0.444. The lowest BCUT2D eigenvalue weighted by Gasteiger charge is -2.30. The van der Waals surface area contributed by atoms with Gasteiger partial charge in [0.05, 0.1) is 0 Å². The number of nitrogens with one attached hydrogen (secondary N) is 1. The summed E-state index contributed by atoms with van der Waals surface area (Å²) in [4.78, 5) is 56.4. The molecule has 1 fully saturated rings. The molecule has 104 valence electrons. The molecule has 0 aromatic rings. The lowest BCUT2D eigenvalue weighted by Crippen LogP contribution is -2.57. The van der Waals surface area contributed by atoms with Crippen LogP contribution < -0.4 is 5.32 Å². The molecule has 0 bridgehead atoms. The highest BCUT2D eigenvalue weighted by molar-refractivity contribution is 6.02. The lowest BCUT2D eigenvalue weighted by molar-refractivity contribution is -0.140. The maximum absolute atomic E-state index is 11.9. The Morgan fingerprint density at radius 2 is 1.47 bits per heavy atom. The molecule has 1 saturated heterocycles. The summed E-state index contributed by atoms with van der Waals surface area (Å²) in [5.74, 6) is -4.23. The Morgan fingerprint density at radius 3 is 1.84 bits per heavy atom. The molecule has 1 heterocycles. The van der Waals surface area contributed by atoms with Gasteiger partial charge in [-0.2, -0.15) is 0 Å². The molecule has 4 amide bonds. The molecular weight excluding hydrogens is 262 g/mol. The van der Waals surface area contributed by atoms with E-state index in [0.29, 0.717) is 4.90 Å². The van der Waals surface area contributed by atoms with Gasteiger partial charge in [-0.3, -0.25) is 24.5 Å². The first-order valence-corrected chi connectivity index (χ1v) is 5.09. The predicted octanol–water partition coefficient (Wildman–Crippen LogP) is -2.46. The zero-order valence-electron chi connectivity index (χ0n) is 9.66. The second-order valence-electron chi connectivity index (χ2n) is 3.75. The fourth-order valence-electron chi connectivity index (χ4n) is 1.49. The van der Waals surface area contributed by atoms with Crippen LogP contribution in [0.25, 0.3) is 0 Å². The normalized spacial score (nSPS) is 14.8. The van der Waals surface area contributed by atoms with E-state index in [-0.39, 0.29) is 0 Å². The molecule has 0 aliphatic carbocycles. The first kappa shape index (κ1) is 14.4. The third kappa shape index (κ3) is 4.26. The number of nitrogens with zero attached hydrogens (tertiary/aromatic N) is 2. The Morgan fingerprint density at radius 1 is 1.05 bits per heavy atom. The maximum atomic E-state index is 11.9. The predicted molar refractivity (Wildman–Crippen MR) is 57.0 cm³/mol. The van der Waals surface area contributed by atoms with Crippen molar-refractivity contribution < 1.29 is 34.2 Å². The molecule has 0 atom stereocenters. The molecule has 10 nitrogen and oxygen atoms in total. The van der Waals surface area contributed by atoms with E-state index in [0.717, 1.165) is 4.90 Å². The Bertz CT molecular complexity index is 415. The van der Waals surface area contributed by atoms with Gasteiger partial charge in [0.2, 0.25) is 11.8 Å². The molecule has 0 spiro atoms. The number of amides is 4. The molecule has 0 aromatic carbocycles. The molecule has 0 unspecified atom stereocenters. The summed E-state index contributed by atoms with van der Waals surface area (Å²) in [6.07, 6.45) is 0. The monoisotopic (exact) mass is 273 g/mol. The number of carboxylic acids is 2. The van der Waals surface area contributed by atoms with Gasteiger partial charge in [0, 0.05) is 0 Å². The number of carbonyl (C=O) groups excluding carboxylic acids is 3. The topological polar surface area (TPSA) is 144 Å². The Kier molecular flexibility index (Phi) is 4.40. The Labute approximate surface area is 106 Å². The van der Waals surface area contributed by atoms with Gasteiger partial charge in [0.25, 0.3) is 0 Å². The van der Waals surface area contributed by atoms with Crippen LogP contribution in [0, 0.1) is 0 Å². The third-order valence-corrected chi connectivity index (χ3v) is 2.14. The van der Waals surface area contributed by atoms with E-state index in [1.54, 1.807) is 0 Å². The minimum Gasteiger partial charge on any atom is -0.480 e. The van der Waals surface area contributed by atoms with Crippen molar-refractivity contribution in [3.05, 3.63) is 0 Å². The zero-order valence-corrected chi connectivity index (χ0v) is 9.66. The molecule has 1 rings (SSSR count). The van der Waals surface area contributed by atoms with E-state index in [4.69, 9.17) is 10.2 Å². The van der Waals surface area contributed by atoms with Crippen LogP contribution in [0.2, 0.25) is 0 Å². The number of carbonyl (C=O) groups is 5. The highest BCUT2D eigenvalue weighted by Gasteiger charge is 2.31. The molecule has 1 aliphatic rings. The minimum absolute atomic E-state index is 0.430. The number of hydrogen-bond donors (Lipinski definition) is 3. The van der Waals surface area contributed by atoms with Crippen molar-refractivity contribution in [1.82, 2.24) is 15.1 Å². The van der Waals surface area contributed by atoms with Crippen LogP contribution in [0.1, 0.15) is 0 Å². The second-order valence-corrected chi connectivity index (χ2v) is 3.75. The first-order chi connectivity index (χ1) is 8.79. The molecule has 0 aromatic heterocycles. The van der Waals surface area contributed by atoms with Crippen molar-refractivity contribution in [2.45, 2.75) is 0 Å². The van der Waals surface area contributed by atoms with Crippen LogP contribution in [0.5, 0.6) is 0 Å². The number of aliphatic carboxylic acids is 2. The number of urea groups is 1. The second kappa shape index (κ2) is 5.80. The summed E-state index contributed by atoms with van der Waals surface area (Å²) in [5.41, 5.74) is 0. The van der Waals surface area contributed by atoms with Crippen LogP contribution in [-0.2, 0) is 19.2 Å². The van der Waals surface area contributed by atoms with Crippen molar-refractivity contribution in [2.75, 3.05) is 26.2 Å². The quantitative estimate of drug-likeness (QED) is 0.481. The van der Waals surface area contributed by atoms with Crippen LogP contribution in [0.4, 0.5) is 4.79 Å². The van der Waals surface area contributed by atoms with E-state index in [1.165, 1.54) is 0 Å². The highest BCUT2D eigenvalue weighted by atomic mass is 16.4. The Hall–Kier alpha value is -2.65. The molecule has 10 heteroatoms. The molecule has 1 aliphatic heterocycles. The standard InChI is InChI=1S/C9H11N3O7/c13-5-1-11(2-6(14)10-5)9(19)12(3-7(15)16)4-8(17)18/h1-4H2,(H,15,16)(H,17,18)(H,10,13,14). The van der Waals surface area contributed by atoms with E-state index >= 15 is 0 Å². The highest BCUT2D eigenvalue weighted by Crippen LogP contribution is 2.02.